The van der Waals surface area contributed by atoms with Gasteiger partial charge in [-0.3, -0.25) is 4.79 Å². The lowest BCUT2D eigenvalue weighted by Crippen LogP contribution is -2.39. The van der Waals surface area contributed by atoms with E-state index in [4.69, 9.17) is 0 Å². The summed E-state index contributed by atoms with van der Waals surface area (Å²) in [5, 5.41) is 0. The second kappa shape index (κ2) is 3.68. The molecule has 0 amide bonds. The molecule has 82 valence electrons. The number of halogens is 3. The van der Waals surface area contributed by atoms with Crippen LogP contribution in [-0.2, 0) is 0 Å². The van der Waals surface area contributed by atoms with Gasteiger partial charge >= 0.3 is 6.18 Å². The van der Waals surface area contributed by atoms with Crippen LogP contribution in [0.4, 0.5) is 13.2 Å². The fraction of sp³-hybridized carbons (Fsp3) is 0.364. The van der Waals surface area contributed by atoms with Gasteiger partial charge in [-0.1, -0.05) is 30.3 Å². The Labute approximate surface area is 85.9 Å². The van der Waals surface area contributed by atoms with Crippen molar-refractivity contribution < 1.29 is 18.0 Å². The van der Waals surface area contributed by atoms with Crippen molar-refractivity contribution in [3.8, 4) is 0 Å². The van der Waals surface area contributed by atoms with Gasteiger partial charge in [0.05, 0.1) is 0 Å². The Morgan fingerprint density at radius 3 is 1.93 bits per heavy atom. The molecule has 0 unspecified atom stereocenters. The van der Waals surface area contributed by atoms with E-state index in [1.165, 1.54) is 12.1 Å². The number of hydrogen-bond acceptors (Lipinski definition) is 1. The molecule has 0 spiro atoms. The van der Waals surface area contributed by atoms with Crippen LogP contribution in [-0.4, -0.2) is 12.0 Å². The Kier molecular flexibility index (Phi) is 2.88. The fourth-order valence-corrected chi connectivity index (χ4v) is 1.08. The summed E-state index contributed by atoms with van der Waals surface area (Å²) in [4.78, 5) is 11.6. The van der Waals surface area contributed by atoms with Crippen molar-refractivity contribution in [2.75, 3.05) is 0 Å². The highest BCUT2D eigenvalue weighted by Gasteiger charge is 2.52. The minimum Gasteiger partial charge on any atom is -0.293 e. The van der Waals surface area contributed by atoms with E-state index < -0.39 is 17.4 Å². The number of Topliss-reactive ketones (excluding diaryl/α,β-unsaturated/α-hetero) is 1. The van der Waals surface area contributed by atoms with E-state index in [1.807, 2.05) is 0 Å². The van der Waals surface area contributed by atoms with Crippen LogP contribution in [0.2, 0.25) is 0 Å². The summed E-state index contributed by atoms with van der Waals surface area (Å²) >= 11 is 0. The largest absolute Gasteiger partial charge is 0.401 e. The van der Waals surface area contributed by atoms with Crippen LogP contribution in [0, 0.1) is 5.41 Å². The monoisotopic (exact) mass is 216 g/mol. The van der Waals surface area contributed by atoms with Crippen LogP contribution in [0.15, 0.2) is 30.3 Å². The van der Waals surface area contributed by atoms with E-state index in [2.05, 4.69) is 0 Å². The number of carbonyl (C=O) groups excluding carboxylic acids is 1. The summed E-state index contributed by atoms with van der Waals surface area (Å²) < 4.78 is 37.6. The van der Waals surface area contributed by atoms with Gasteiger partial charge in [-0.15, -0.1) is 0 Å². The average Bonchev–Trinajstić information content (AvgIpc) is 2.16. The molecule has 15 heavy (non-hydrogen) atoms. The Balaban J connectivity index is 3.06. The Hall–Kier alpha value is -1.32. The predicted octanol–water partition coefficient (Wildman–Crippen LogP) is 3.46. The first-order chi connectivity index (χ1) is 6.77. The fourth-order valence-electron chi connectivity index (χ4n) is 1.08. The molecule has 0 bridgehead atoms. The van der Waals surface area contributed by atoms with Crippen LogP contribution >= 0.6 is 0 Å². The molecule has 1 rings (SSSR count). The molecule has 0 heterocycles. The van der Waals surface area contributed by atoms with Crippen LogP contribution < -0.4 is 0 Å². The molecule has 0 aliphatic carbocycles. The van der Waals surface area contributed by atoms with Crippen molar-refractivity contribution in [1.29, 1.82) is 0 Å². The number of alkyl halides is 3. The zero-order chi connectivity index (χ0) is 11.7. The van der Waals surface area contributed by atoms with Crippen LogP contribution in [0.3, 0.4) is 0 Å². The quantitative estimate of drug-likeness (QED) is 0.692. The zero-order valence-electron chi connectivity index (χ0n) is 8.43. The predicted molar refractivity (Wildman–Crippen MR) is 50.6 cm³/mol. The van der Waals surface area contributed by atoms with Crippen molar-refractivity contribution in [1.82, 2.24) is 0 Å². The first-order valence-electron chi connectivity index (χ1n) is 4.43. The smallest absolute Gasteiger partial charge is 0.293 e. The summed E-state index contributed by atoms with van der Waals surface area (Å²) in [5.74, 6) is -0.907. The Bertz CT molecular complexity index is 352. The molecule has 0 saturated carbocycles. The molecule has 1 nitrogen and oxygen atoms in total. The van der Waals surface area contributed by atoms with Gasteiger partial charge in [0.25, 0.3) is 0 Å². The molecule has 0 aliphatic heterocycles. The second-order valence-corrected chi connectivity index (χ2v) is 3.82. The standard InChI is InChI=1S/C11H11F3O/c1-10(2,11(12,13)14)9(15)8-6-4-3-5-7-8/h3-7H,1-2H3. The van der Waals surface area contributed by atoms with Crippen molar-refractivity contribution in [3.05, 3.63) is 35.9 Å². The van der Waals surface area contributed by atoms with Gasteiger partial charge in [-0.05, 0) is 13.8 Å². The molecular formula is C11H11F3O. The van der Waals surface area contributed by atoms with Gasteiger partial charge in [0, 0.05) is 5.56 Å². The van der Waals surface area contributed by atoms with E-state index in [0.717, 1.165) is 13.8 Å². The number of ketones is 1. The molecule has 0 N–H and O–H groups in total. The number of carbonyl (C=O) groups is 1. The highest BCUT2D eigenvalue weighted by Crippen LogP contribution is 2.39. The summed E-state index contributed by atoms with van der Waals surface area (Å²) in [5.41, 5.74) is -2.26. The van der Waals surface area contributed by atoms with Gasteiger partial charge in [0.2, 0.25) is 0 Å². The number of benzene rings is 1. The summed E-state index contributed by atoms with van der Waals surface area (Å²) in [7, 11) is 0. The first-order valence-corrected chi connectivity index (χ1v) is 4.43. The Morgan fingerprint density at radius 2 is 1.53 bits per heavy atom. The summed E-state index contributed by atoms with van der Waals surface area (Å²) in [6, 6.07) is 7.50. The average molecular weight is 216 g/mol. The molecular weight excluding hydrogens is 205 g/mol. The van der Waals surface area contributed by atoms with E-state index in [1.54, 1.807) is 18.2 Å². The maximum Gasteiger partial charge on any atom is 0.401 e. The maximum absolute atomic E-state index is 12.5. The van der Waals surface area contributed by atoms with Crippen molar-refractivity contribution in [2.24, 2.45) is 5.41 Å². The van der Waals surface area contributed by atoms with Gasteiger partial charge in [-0.2, -0.15) is 13.2 Å². The zero-order valence-corrected chi connectivity index (χ0v) is 8.43. The van der Waals surface area contributed by atoms with E-state index in [-0.39, 0.29) is 5.56 Å². The molecule has 4 heteroatoms. The number of hydrogen-bond donors (Lipinski definition) is 0. The molecule has 0 saturated heterocycles. The third-order valence-corrected chi connectivity index (χ3v) is 2.31. The van der Waals surface area contributed by atoms with Crippen molar-refractivity contribution in [3.63, 3.8) is 0 Å². The lowest BCUT2D eigenvalue weighted by atomic mass is 9.83. The molecule has 0 aliphatic rings. The SMILES string of the molecule is CC(C)(C(=O)c1ccccc1)C(F)(F)F. The van der Waals surface area contributed by atoms with Crippen LogP contribution in [0.25, 0.3) is 0 Å². The summed E-state index contributed by atoms with van der Waals surface area (Å²) in [6.07, 6.45) is -4.53. The van der Waals surface area contributed by atoms with Gasteiger partial charge in [-0.25, -0.2) is 0 Å². The van der Waals surface area contributed by atoms with Crippen molar-refractivity contribution >= 4 is 5.78 Å². The van der Waals surface area contributed by atoms with Crippen LogP contribution in [0.1, 0.15) is 24.2 Å². The maximum atomic E-state index is 12.5. The molecule has 1 aromatic rings. The third-order valence-electron chi connectivity index (χ3n) is 2.31. The molecule has 0 atom stereocenters. The highest BCUT2D eigenvalue weighted by molar-refractivity contribution is 6.00. The van der Waals surface area contributed by atoms with Gasteiger partial charge in [0.15, 0.2) is 5.78 Å². The van der Waals surface area contributed by atoms with Gasteiger partial charge < -0.3 is 0 Å². The number of rotatable bonds is 2. The van der Waals surface area contributed by atoms with E-state index in [0.29, 0.717) is 0 Å². The normalized spacial score (nSPS) is 12.6. The molecule has 0 fully saturated rings. The third kappa shape index (κ3) is 2.19. The topological polar surface area (TPSA) is 17.1 Å². The molecule has 0 aromatic heterocycles. The lowest BCUT2D eigenvalue weighted by Gasteiger charge is -2.26. The van der Waals surface area contributed by atoms with E-state index in [9.17, 15) is 18.0 Å². The molecule has 0 radical (unpaired) electrons. The minimum absolute atomic E-state index is 0.0832. The van der Waals surface area contributed by atoms with Gasteiger partial charge in [0.1, 0.15) is 5.41 Å². The lowest BCUT2D eigenvalue weighted by molar-refractivity contribution is -0.192. The Morgan fingerprint density at radius 1 is 1.07 bits per heavy atom. The molecule has 1 aromatic carbocycles. The summed E-state index contributed by atoms with van der Waals surface area (Å²) in [6.45, 7) is 1.78. The highest BCUT2D eigenvalue weighted by atomic mass is 19.4. The van der Waals surface area contributed by atoms with E-state index >= 15 is 0 Å². The van der Waals surface area contributed by atoms with Crippen LogP contribution in [0.5, 0.6) is 0 Å². The minimum atomic E-state index is -4.53. The second-order valence-electron chi connectivity index (χ2n) is 3.82. The van der Waals surface area contributed by atoms with Crippen molar-refractivity contribution in [2.45, 2.75) is 20.0 Å². The first kappa shape index (κ1) is 11.8.